The molecule has 0 saturated heterocycles. The molecule has 0 bridgehead atoms. The highest BCUT2D eigenvalue weighted by Gasteiger charge is 2.50. The number of aliphatic carboxylic acids is 1. The van der Waals surface area contributed by atoms with Crippen molar-refractivity contribution in [2.45, 2.75) is 142 Å². The molecule has 45 heavy (non-hydrogen) atoms. The summed E-state index contributed by atoms with van der Waals surface area (Å²) in [5, 5.41) is 12.0. The Hall–Kier alpha value is -2.43. The van der Waals surface area contributed by atoms with E-state index in [0.717, 1.165) is 25.7 Å². The van der Waals surface area contributed by atoms with E-state index in [1.165, 1.54) is 87.4 Å². The van der Waals surface area contributed by atoms with Crippen molar-refractivity contribution in [3.63, 3.8) is 0 Å². The van der Waals surface area contributed by atoms with Gasteiger partial charge in [-0.2, -0.15) is 0 Å². The molecule has 1 atom stereocenters. The van der Waals surface area contributed by atoms with Gasteiger partial charge in [0.1, 0.15) is 0 Å². The van der Waals surface area contributed by atoms with Gasteiger partial charge in [-0.25, -0.2) is 0 Å². The molecule has 0 aliphatic rings. The summed E-state index contributed by atoms with van der Waals surface area (Å²) >= 11 is 0. The molecule has 2 rings (SSSR count). The lowest BCUT2D eigenvalue weighted by Gasteiger charge is -2.43. The van der Waals surface area contributed by atoms with Crippen molar-refractivity contribution < 1.29 is 14.3 Å². The Kier molecular flexibility index (Phi) is 19.8. The molecule has 0 saturated carbocycles. The third-order valence-corrected chi connectivity index (χ3v) is 14.1. The first-order valence-corrected chi connectivity index (χ1v) is 20.0. The van der Waals surface area contributed by atoms with Gasteiger partial charge in [0.2, 0.25) is 0 Å². The molecule has 2 aromatic carbocycles. The van der Waals surface area contributed by atoms with Gasteiger partial charge >= 0.3 is 5.97 Å². The molecule has 4 heteroatoms. The SMILES string of the molecule is CCCCC/C=C\C/C=C\CCCCCCCCCC(CCO[Si](c1ccccc1)(c1ccccc1)C(C)(C)C)CCC(=O)O. The van der Waals surface area contributed by atoms with Gasteiger partial charge in [-0.15, -0.1) is 0 Å². The molecule has 0 fully saturated rings. The fraction of sp³-hybridized carbons (Fsp3) is 0.585. The minimum Gasteiger partial charge on any atom is -0.481 e. The number of allylic oxidation sites excluding steroid dienone is 4. The number of unbranched alkanes of at least 4 members (excludes halogenated alkanes) is 10. The number of carbonyl (C=O) groups is 1. The fourth-order valence-corrected chi connectivity index (χ4v) is 11.1. The van der Waals surface area contributed by atoms with Crippen LogP contribution in [0.4, 0.5) is 0 Å². The van der Waals surface area contributed by atoms with Crippen LogP contribution in [0.5, 0.6) is 0 Å². The summed E-state index contributed by atoms with van der Waals surface area (Å²) in [6.07, 6.45) is 28.7. The van der Waals surface area contributed by atoms with Crippen LogP contribution in [-0.4, -0.2) is 26.0 Å². The van der Waals surface area contributed by atoms with Crippen molar-refractivity contribution in [1.29, 1.82) is 0 Å². The molecule has 0 aliphatic heterocycles. The second kappa shape index (κ2) is 23.0. The molecule has 1 unspecified atom stereocenters. The van der Waals surface area contributed by atoms with Gasteiger partial charge < -0.3 is 9.53 Å². The average Bonchev–Trinajstić information content (AvgIpc) is 3.03. The highest BCUT2D eigenvalue weighted by Crippen LogP contribution is 2.37. The predicted molar refractivity (Wildman–Crippen MR) is 197 cm³/mol. The van der Waals surface area contributed by atoms with Gasteiger partial charge in [0.15, 0.2) is 0 Å². The summed E-state index contributed by atoms with van der Waals surface area (Å²) in [6.45, 7) is 9.86. The lowest BCUT2D eigenvalue weighted by Crippen LogP contribution is -2.66. The van der Waals surface area contributed by atoms with E-state index in [-0.39, 0.29) is 11.5 Å². The van der Waals surface area contributed by atoms with Crippen LogP contribution >= 0.6 is 0 Å². The molecule has 0 spiro atoms. The summed E-state index contributed by atoms with van der Waals surface area (Å²) in [7, 11) is -2.56. The third kappa shape index (κ3) is 15.1. The summed E-state index contributed by atoms with van der Waals surface area (Å²) in [6, 6.07) is 21.6. The maximum Gasteiger partial charge on any atom is 0.303 e. The van der Waals surface area contributed by atoms with E-state index in [0.29, 0.717) is 12.5 Å². The number of hydrogen-bond acceptors (Lipinski definition) is 2. The maximum absolute atomic E-state index is 11.4. The van der Waals surface area contributed by atoms with Crippen LogP contribution in [0, 0.1) is 5.92 Å². The Labute approximate surface area is 277 Å². The number of rotatable bonds is 25. The normalized spacial score (nSPS) is 13.2. The topological polar surface area (TPSA) is 46.5 Å². The molecule has 2 aromatic rings. The molecule has 0 aliphatic carbocycles. The van der Waals surface area contributed by atoms with Crippen molar-refractivity contribution in [3.05, 3.63) is 85.0 Å². The fourth-order valence-electron chi connectivity index (χ4n) is 6.50. The second-order valence-electron chi connectivity index (χ2n) is 13.8. The van der Waals surface area contributed by atoms with Gasteiger partial charge in [-0.3, -0.25) is 4.79 Å². The smallest absolute Gasteiger partial charge is 0.303 e. The number of carboxylic acid groups (broad SMARTS) is 1. The average molecular weight is 633 g/mol. The third-order valence-electron chi connectivity index (χ3n) is 9.09. The molecule has 1 N–H and O–H groups in total. The van der Waals surface area contributed by atoms with Gasteiger partial charge in [0.25, 0.3) is 8.32 Å². The monoisotopic (exact) mass is 632 g/mol. The summed E-state index contributed by atoms with van der Waals surface area (Å²) < 4.78 is 7.12. The van der Waals surface area contributed by atoms with Crippen LogP contribution in [-0.2, 0) is 9.22 Å². The van der Waals surface area contributed by atoms with Crippen molar-refractivity contribution >= 4 is 24.7 Å². The molecular formula is C41H64O3Si. The number of hydrogen-bond donors (Lipinski definition) is 1. The van der Waals surface area contributed by atoms with Crippen LogP contribution < -0.4 is 10.4 Å². The zero-order chi connectivity index (χ0) is 32.6. The molecule has 3 nitrogen and oxygen atoms in total. The predicted octanol–water partition coefficient (Wildman–Crippen LogP) is 11.0. The Morgan fingerprint density at radius 2 is 1.22 bits per heavy atom. The summed E-state index contributed by atoms with van der Waals surface area (Å²) in [5.41, 5.74) is 0. The summed E-state index contributed by atoms with van der Waals surface area (Å²) in [5.74, 6) is -0.307. The van der Waals surface area contributed by atoms with Crippen LogP contribution in [0.15, 0.2) is 85.0 Å². The second-order valence-corrected chi connectivity index (χ2v) is 18.1. The molecule has 0 heterocycles. The van der Waals surface area contributed by atoms with Crippen LogP contribution in [0.25, 0.3) is 0 Å². The van der Waals surface area contributed by atoms with E-state index < -0.39 is 14.3 Å². The quantitative estimate of drug-likeness (QED) is 0.0673. The van der Waals surface area contributed by atoms with Crippen molar-refractivity contribution in [2.75, 3.05) is 6.61 Å². The first-order chi connectivity index (χ1) is 21.8. The van der Waals surface area contributed by atoms with E-state index in [9.17, 15) is 9.90 Å². The first kappa shape index (κ1) is 38.7. The zero-order valence-corrected chi connectivity index (χ0v) is 30.2. The standard InChI is InChI=1S/C41H64O3Si/c1-5-6-7-8-9-10-11-12-13-14-15-16-17-18-19-20-23-28-37(33-34-40(42)43)35-36-44-45(41(2,3)4,38-29-24-21-25-30-38)39-31-26-22-27-32-39/h9-10,12-13,21-22,24-27,29-32,37H,5-8,11,14-20,23,28,33-36H2,1-4H3,(H,42,43)/b10-9-,13-12-. The van der Waals surface area contributed by atoms with Gasteiger partial charge in [0.05, 0.1) is 0 Å². The molecule has 0 radical (unpaired) electrons. The Bertz CT molecular complexity index is 1030. The van der Waals surface area contributed by atoms with E-state index >= 15 is 0 Å². The number of benzene rings is 2. The van der Waals surface area contributed by atoms with E-state index in [1.54, 1.807) is 0 Å². The largest absolute Gasteiger partial charge is 0.481 e. The van der Waals surface area contributed by atoms with Gasteiger partial charge in [-0.1, -0.05) is 170 Å². The van der Waals surface area contributed by atoms with Crippen molar-refractivity contribution in [2.24, 2.45) is 5.92 Å². The van der Waals surface area contributed by atoms with Crippen LogP contribution in [0.3, 0.4) is 0 Å². The van der Waals surface area contributed by atoms with E-state index in [1.807, 2.05) is 0 Å². The molecule has 250 valence electrons. The Morgan fingerprint density at radius 1 is 0.711 bits per heavy atom. The van der Waals surface area contributed by atoms with Gasteiger partial charge in [-0.05, 0) is 66.3 Å². The van der Waals surface area contributed by atoms with Crippen molar-refractivity contribution in [3.8, 4) is 0 Å². The minimum absolute atomic E-state index is 0.0482. The summed E-state index contributed by atoms with van der Waals surface area (Å²) in [4.78, 5) is 11.4. The lowest BCUT2D eigenvalue weighted by atomic mass is 9.93. The molecular weight excluding hydrogens is 569 g/mol. The maximum atomic E-state index is 11.4. The van der Waals surface area contributed by atoms with E-state index in [2.05, 4.69) is 113 Å². The first-order valence-electron chi connectivity index (χ1n) is 18.1. The molecule has 0 aromatic heterocycles. The van der Waals surface area contributed by atoms with E-state index in [4.69, 9.17) is 4.43 Å². The van der Waals surface area contributed by atoms with Crippen molar-refractivity contribution in [1.82, 2.24) is 0 Å². The Morgan fingerprint density at radius 3 is 1.73 bits per heavy atom. The minimum atomic E-state index is -2.56. The molecule has 0 amide bonds. The highest BCUT2D eigenvalue weighted by atomic mass is 28.4. The van der Waals surface area contributed by atoms with Gasteiger partial charge in [0, 0.05) is 13.0 Å². The lowest BCUT2D eigenvalue weighted by molar-refractivity contribution is -0.137. The highest BCUT2D eigenvalue weighted by molar-refractivity contribution is 6.99. The zero-order valence-electron chi connectivity index (χ0n) is 29.2. The Balaban J connectivity index is 1.77. The van der Waals surface area contributed by atoms with Crippen LogP contribution in [0.1, 0.15) is 137 Å². The number of carboxylic acids is 1. The van der Waals surface area contributed by atoms with Crippen LogP contribution in [0.2, 0.25) is 5.04 Å².